The second-order valence-corrected chi connectivity index (χ2v) is 2.09. The van der Waals surface area contributed by atoms with Gasteiger partial charge in [-0.25, -0.2) is 0 Å². The lowest BCUT2D eigenvalue weighted by atomic mass is 10.2. The van der Waals surface area contributed by atoms with Crippen molar-refractivity contribution in [1.82, 2.24) is 4.98 Å². The first-order chi connectivity index (χ1) is 5.02. The van der Waals surface area contributed by atoms with E-state index in [9.17, 15) is 13.2 Å². The summed E-state index contributed by atoms with van der Waals surface area (Å²) >= 11 is 0. The molecule has 2 N–H and O–H groups in total. The summed E-state index contributed by atoms with van der Waals surface area (Å²) in [6, 6.07) is 1.18. The predicted molar refractivity (Wildman–Crippen MR) is 31.8 cm³/mol. The van der Waals surface area contributed by atoms with Crippen molar-refractivity contribution in [2.75, 3.05) is 0 Å². The molecule has 0 fully saturated rings. The molecule has 1 heterocycles. The summed E-state index contributed by atoms with van der Waals surface area (Å²) in [5.41, 5.74) is -0.169. The Bertz CT molecular complexity index is 216. The Kier molecular flexibility index (Phi) is 1.90. The molecule has 0 spiro atoms. The molecule has 1 aromatic heterocycles. The van der Waals surface area contributed by atoms with E-state index in [0.717, 1.165) is 6.20 Å². The lowest BCUT2D eigenvalue weighted by Crippen LogP contribution is -2.19. The number of halogens is 3. The van der Waals surface area contributed by atoms with Crippen molar-refractivity contribution in [2.45, 2.75) is 12.3 Å². The SMILES string of the molecule is O[C@H](c1cc[nH]c1)C(F)(F)F. The van der Waals surface area contributed by atoms with Crippen molar-refractivity contribution in [2.24, 2.45) is 0 Å². The van der Waals surface area contributed by atoms with E-state index >= 15 is 0 Å². The molecule has 0 saturated carbocycles. The molecular formula is C6H6F3NO. The maximum absolute atomic E-state index is 11.7. The molecule has 0 amide bonds. The Morgan fingerprint density at radius 1 is 1.45 bits per heavy atom. The largest absolute Gasteiger partial charge is 0.418 e. The first-order valence-electron chi connectivity index (χ1n) is 2.89. The Hall–Kier alpha value is -0.970. The summed E-state index contributed by atoms with van der Waals surface area (Å²) in [5.74, 6) is 0. The molecule has 5 heteroatoms. The Morgan fingerprint density at radius 2 is 2.09 bits per heavy atom. The molecule has 11 heavy (non-hydrogen) atoms. The lowest BCUT2D eigenvalue weighted by Gasteiger charge is -2.12. The van der Waals surface area contributed by atoms with Gasteiger partial charge < -0.3 is 10.1 Å². The average molecular weight is 165 g/mol. The van der Waals surface area contributed by atoms with Gasteiger partial charge in [0.15, 0.2) is 6.10 Å². The van der Waals surface area contributed by atoms with Crippen LogP contribution < -0.4 is 0 Å². The van der Waals surface area contributed by atoms with Gasteiger partial charge in [-0.15, -0.1) is 0 Å². The molecule has 0 bridgehead atoms. The fourth-order valence-electron chi connectivity index (χ4n) is 0.696. The van der Waals surface area contributed by atoms with Gasteiger partial charge in [-0.1, -0.05) is 0 Å². The highest BCUT2D eigenvalue weighted by atomic mass is 19.4. The molecule has 0 radical (unpaired) electrons. The molecule has 1 atom stereocenters. The van der Waals surface area contributed by atoms with Gasteiger partial charge in [0.2, 0.25) is 0 Å². The normalized spacial score (nSPS) is 14.9. The van der Waals surface area contributed by atoms with E-state index in [1.807, 2.05) is 0 Å². The topological polar surface area (TPSA) is 36.0 Å². The molecule has 0 unspecified atom stereocenters. The number of alkyl halides is 3. The zero-order valence-electron chi connectivity index (χ0n) is 5.39. The van der Waals surface area contributed by atoms with Crippen LogP contribution in [0.15, 0.2) is 18.5 Å². The maximum Gasteiger partial charge on any atom is 0.418 e. The average Bonchev–Trinajstić information content (AvgIpc) is 2.34. The van der Waals surface area contributed by atoms with Gasteiger partial charge in [0.1, 0.15) is 0 Å². The molecule has 0 aliphatic rings. The molecule has 1 rings (SSSR count). The molecule has 2 nitrogen and oxygen atoms in total. The molecule has 0 aliphatic heterocycles. The lowest BCUT2D eigenvalue weighted by molar-refractivity contribution is -0.206. The Morgan fingerprint density at radius 3 is 2.45 bits per heavy atom. The van der Waals surface area contributed by atoms with Crippen molar-refractivity contribution in [3.63, 3.8) is 0 Å². The molecule has 62 valence electrons. The van der Waals surface area contributed by atoms with E-state index in [2.05, 4.69) is 4.98 Å². The Labute approximate surface area is 60.7 Å². The molecule has 1 aromatic rings. The van der Waals surface area contributed by atoms with Crippen LogP contribution in [0.5, 0.6) is 0 Å². The number of aromatic amines is 1. The second kappa shape index (κ2) is 2.58. The zero-order chi connectivity index (χ0) is 8.48. The highest BCUT2D eigenvalue weighted by Gasteiger charge is 2.39. The third kappa shape index (κ3) is 1.74. The molecule has 0 aromatic carbocycles. The number of aliphatic hydroxyl groups excluding tert-OH is 1. The van der Waals surface area contributed by atoms with E-state index in [1.54, 1.807) is 0 Å². The highest BCUT2D eigenvalue weighted by Crippen LogP contribution is 2.31. The minimum absolute atomic E-state index is 0.169. The van der Waals surface area contributed by atoms with Crippen molar-refractivity contribution >= 4 is 0 Å². The zero-order valence-corrected chi connectivity index (χ0v) is 5.39. The van der Waals surface area contributed by atoms with Gasteiger partial charge in [-0.05, 0) is 6.07 Å². The number of H-pyrrole nitrogens is 1. The van der Waals surface area contributed by atoms with Crippen LogP contribution in [0.25, 0.3) is 0 Å². The van der Waals surface area contributed by atoms with E-state index in [4.69, 9.17) is 5.11 Å². The van der Waals surface area contributed by atoms with Crippen LogP contribution in [0.3, 0.4) is 0 Å². The molecule has 0 saturated heterocycles. The Balaban J connectivity index is 2.78. The van der Waals surface area contributed by atoms with E-state index in [-0.39, 0.29) is 5.56 Å². The van der Waals surface area contributed by atoms with Crippen LogP contribution in [0.4, 0.5) is 13.2 Å². The van der Waals surface area contributed by atoms with Crippen molar-refractivity contribution in [1.29, 1.82) is 0 Å². The van der Waals surface area contributed by atoms with E-state index in [1.165, 1.54) is 12.3 Å². The van der Waals surface area contributed by atoms with Gasteiger partial charge in [-0.2, -0.15) is 13.2 Å². The van der Waals surface area contributed by atoms with E-state index in [0.29, 0.717) is 0 Å². The van der Waals surface area contributed by atoms with Gasteiger partial charge in [0.05, 0.1) is 0 Å². The number of aromatic nitrogens is 1. The monoisotopic (exact) mass is 165 g/mol. The third-order valence-electron chi connectivity index (χ3n) is 1.25. The summed E-state index contributed by atoms with van der Waals surface area (Å²) in [6.45, 7) is 0. The second-order valence-electron chi connectivity index (χ2n) is 2.09. The van der Waals surface area contributed by atoms with Crippen LogP contribution in [0.1, 0.15) is 11.7 Å². The van der Waals surface area contributed by atoms with Crippen LogP contribution in [-0.2, 0) is 0 Å². The third-order valence-corrected chi connectivity index (χ3v) is 1.25. The molecular weight excluding hydrogens is 159 g/mol. The van der Waals surface area contributed by atoms with Crippen molar-refractivity contribution in [3.05, 3.63) is 24.0 Å². The van der Waals surface area contributed by atoms with Crippen LogP contribution in [0.2, 0.25) is 0 Å². The minimum Gasteiger partial charge on any atom is -0.379 e. The summed E-state index contributed by atoms with van der Waals surface area (Å²) in [4.78, 5) is 2.42. The van der Waals surface area contributed by atoms with E-state index < -0.39 is 12.3 Å². The maximum atomic E-state index is 11.7. The minimum atomic E-state index is -4.58. The highest BCUT2D eigenvalue weighted by molar-refractivity contribution is 5.13. The summed E-state index contributed by atoms with van der Waals surface area (Å²) in [7, 11) is 0. The van der Waals surface area contributed by atoms with Crippen LogP contribution in [0, 0.1) is 0 Å². The summed E-state index contributed by atoms with van der Waals surface area (Å²) < 4.78 is 35.2. The van der Waals surface area contributed by atoms with Gasteiger partial charge in [0, 0.05) is 18.0 Å². The number of hydrogen-bond donors (Lipinski definition) is 2. The fourth-order valence-corrected chi connectivity index (χ4v) is 0.696. The first-order valence-corrected chi connectivity index (χ1v) is 2.89. The summed E-state index contributed by atoms with van der Waals surface area (Å²) in [6.07, 6.45) is -4.53. The number of nitrogens with one attached hydrogen (secondary N) is 1. The quantitative estimate of drug-likeness (QED) is 0.651. The van der Waals surface area contributed by atoms with Crippen molar-refractivity contribution in [3.8, 4) is 0 Å². The fraction of sp³-hybridized carbons (Fsp3) is 0.333. The van der Waals surface area contributed by atoms with Gasteiger partial charge in [0.25, 0.3) is 0 Å². The van der Waals surface area contributed by atoms with Crippen LogP contribution >= 0.6 is 0 Å². The number of rotatable bonds is 1. The predicted octanol–water partition coefficient (Wildman–Crippen LogP) is 1.61. The summed E-state index contributed by atoms with van der Waals surface area (Å²) in [5, 5.41) is 8.60. The smallest absolute Gasteiger partial charge is 0.379 e. The van der Waals surface area contributed by atoms with Crippen LogP contribution in [-0.4, -0.2) is 16.3 Å². The van der Waals surface area contributed by atoms with Gasteiger partial charge >= 0.3 is 6.18 Å². The number of aliphatic hydroxyl groups is 1. The standard InChI is InChI=1S/C6H6F3NO/c7-6(8,9)5(11)4-1-2-10-3-4/h1-3,5,10-11H/t5-/m1/s1. The molecule has 0 aliphatic carbocycles. The first kappa shape index (κ1) is 8.13. The number of hydrogen-bond acceptors (Lipinski definition) is 1. The van der Waals surface area contributed by atoms with Crippen molar-refractivity contribution < 1.29 is 18.3 Å². The van der Waals surface area contributed by atoms with Gasteiger partial charge in [-0.3, -0.25) is 0 Å².